The second kappa shape index (κ2) is 10.7. The molecule has 6 nitrogen and oxygen atoms in total. The Bertz CT molecular complexity index is 1080. The summed E-state index contributed by atoms with van der Waals surface area (Å²) in [4.78, 5) is 19.2. The summed E-state index contributed by atoms with van der Waals surface area (Å²) in [5.41, 5.74) is 2.80. The van der Waals surface area contributed by atoms with Gasteiger partial charge in [-0.25, -0.2) is 0 Å². The third-order valence-corrected chi connectivity index (χ3v) is 6.72. The van der Waals surface area contributed by atoms with Crippen LogP contribution < -0.4 is 14.8 Å². The lowest BCUT2D eigenvalue weighted by Gasteiger charge is -2.35. The lowest BCUT2D eigenvalue weighted by atomic mass is 9.93. The second-order valence-corrected chi connectivity index (χ2v) is 9.11. The van der Waals surface area contributed by atoms with Gasteiger partial charge in [-0.1, -0.05) is 30.3 Å². The van der Waals surface area contributed by atoms with Crippen LogP contribution in [0.3, 0.4) is 0 Å². The first-order valence-electron chi connectivity index (χ1n) is 12.1. The molecule has 1 saturated heterocycles. The number of para-hydroxylation sites is 2. The number of hydrogen-bond acceptors (Lipinski definition) is 5. The van der Waals surface area contributed by atoms with Gasteiger partial charge in [0.2, 0.25) is 0 Å². The fraction of sp³-hybridized carbons (Fsp3) is 0.357. The predicted octanol–water partition coefficient (Wildman–Crippen LogP) is 4.42. The third kappa shape index (κ3) is 5.57. The molecule has 6 heteroatoms. The number of hydrogen-bond donors (Lipinski definition) is 1. The number of piperidine rings is 1. The number of rotatable bonds is 7. The van der Waals surface area contributed by atoms with E-state index in [4.69, 9.17) is 9.47 Å². The van der Waals surface area contributed by atoms with E-state index in [9.17, 15) is 4.79 Å². The standard InChI is InChI=1S/C28H31N3O3/c32-28(23-9-7-22(8-10-23)24-4-3-14-29-18-24)30-15-11-21-12-16-31(17-13-21)19-25-20-33-26-5-1-2-6-27(26)34-25/h1-10,14,18,21,25H,11-13,15-17,19-20H2,(H,30,32)/t25-/m0/s1. The first-order chi connectivity index (χ1) is 16.7. The minimum absolute atomic E-state index is 0.00935. The van der Waals surface area contributed by atoms with E-state index in [1.807, 2.05) is 66.9 Å². The molecule has 0 aliphatic carbocycles. The Kier molecular flexibility index (Phi) is 7.05. The molecule has 0 saturated carbocycles. The second-order valence-electron chi connectivity index (χ2n) is 9.11. The molecule has 2 aromatic carbocycles. The summed E-state index contributed by atoms with van der Waals surface area (Å²) in [6.07, 6.45) is 6.99. The van der Waals surface area contributed by atoms with Crippen LogP contribution in [0.5, 0.6) is 11.5 Å². The van der Waals surface area contributed by atoms with Gasteiger partial charge in [-0.3, -0.25) is 14.7 Å². The van der Waals surface area contributed by atoms with Crippen LogP contribution in [0.1, 0.15) is 29.6 Å². The van der Waals surface area contributed by atoms with Crippen molar-refractivity contribution >= 4 is 5.91 Å². The Hall–Kier alpha value is -3.38. The molecule has 1 N–H and O–H groups in total. The topological polar surface area (TPSA) is 63.7 Å². The van der Waals surface area contributed by atoms with E-state index in [0.717, 1.165) is 61.5 Å². The van der Waals surface area contributed by atoms with Gasteiger partial charge in [0.05, 0.1) is 0 Å². The largest absolute Gasteiger partial charge is 0.486 e. The van der Waals surface area contributed by atoms with Crippen molar-refractivity contribution in [2.45, 2.75) is 25.4 Å². The summed E-state index contributed by atoms with van der Waals surface area (Å²) >= 11 is 0. The fourth-order valence-electron chi connectivity index (χ4n) is 4.74. The van der Waals surface area contributed by atoms with E-state index < -0.39 is 0 Å². The van der Waals surface area contributed by atoms with Gasteiger partial charge in [0, 0.05) is 31.0 Å². The molecule has 0 unspecified atom stereocenters. The molecule has 0 spiro atoms. The number of aromatic nitrogens is 1. The number of carbonyl (C=O) groups excluding carboxylic acids is 1. The van der Waals surface area contributed by atoms with E-state index in [1.165, 1.54) is 0 Å². The molecule has 34 heavy (non-hydrogen) atoms. The Balaban J connectivity index is 1.01. The van der Waals surface area contributed by atoms with Crippen molar-refractivity contribution in [3.63, 3.8) is 0 Å². The Morgan fingerprint density at radius 3 is 2.53 bits per heavy atom. The van der Waals surface area contributed by atoms with Gasteiger partial charge < -0.3 is 14.8 Å². The zero-order chi connectivity index (χ0) is 23.2. The van der Waals surface area contributed by atoms with Crippen LogP contribution in [0.4, 0.5) is 0 Å². The van der Waals surface area contributed by atoms with Crippen LogP contribution in [-0.2, 0) is 0 Å². The zero-order valence-corrected chi connectivity index (χ0v) is 19.4. The molecular formula is C28H31N3O3. The van der Waals surface area contributed by atoms with Crippen molar-refractivity contribution in [1.82, 2.24) is 15.2 Å². The van der Waals surface area contributed by atoms with Crippen LogP contribution in [0.25, 0.3) is 11.1 Å². The fourth-order valence-corrected chi connectivity index (χ4v) is 4.74. The third-order valence-electron chi connectivity index (χ3n) is 6.72. The molecule has 176 valence electrons. The molecule has 2 aliphatic heterocycles. The van der Waals surface area contributed by atoms with Crippen molar-refractivity contribution in [1.29, 1.82) is 0 Å². The Labute approximate surface area is 200 Å². The van der Waals surface area contributed by atoms with Crippen molar-refractivity contribution in [2.24, 2.45) is 5.92 Å². The Morgan fingerprint density at radius 2 is 1.76 bits per heavy atom. The molecule has 3 heterocycles. The number of pyridine rings is 1. The molecule has 1 amide bonds. The summed E-state index contributed by atoms with van der Waals surface area (Å²) in [7, 11) is 0. The number of amides is 1. The SMILES string of the molecule is O=C(NCCC1CCN(C[C@H]2COc3ccccc3O2)CC1)c1ccc(-c2cccnc2)cc1. The van der Waals surface area contributed by atoms with Crippen molar-refractivity contribution in [2.75, 3.05) is 32.8 Å². The maximum Gasteiger partial charge on any atom is 0.251 e. The van der Waals surface area contributed by atoms with E-state index in [1.54, 1.807) is 6.20 Å². The highest BCUT2D eigenvalue weighted by molar-refractivity contribution is 5.94. The monoisotopic (exact) mass is 457 g/mol. The van der Waals surface area contributed by atoms with Gasteiger partial charge in [0.15, 0.2) is 11.5 Å². The van der Waals surface area contributed by atoms with Gasteiger partial charge >= 0.3 is 0 Å². The van der Waals surface area contributed by atoms with Crippen molar-refractivity contribution in [3.05, 3.63) is 78.6 Å². The summed E-state index contributed by atoms with van der Waals surface area (Å²) in [6.45, 7) is 4.34. The molecule has 0 bridgehead atoms. The highest BCUT2D eigenvalue weighted by Crippen LogP contribution is 2.31. The molecule has 5 rings (SSSR count). The number of carbonyl (C=O) groups is 1. The molecule has 3 aromatic rings. The van der Waals surface area contributed by atoms with E-state index in [2.05, 4.69) is 15.2 Å². The van der Waals surface area contributed by atoms with E-state index >= 15 is 0 Å². The lowest BCUT2D eigenvalue weighted by molar-refractivity contribution is 0.0472. The first-order valence-corrected chi connectivity index (χ1v) is 12.1. The smallest absolute Gasteiger partial charge is 0.251 e. The van der Waals surface area contributed by atoms with E-state index in [-0.39, 0.29) is 12.0 Å². The highest BCUT2D eigenvalue weighted by Gasteiger charge is 2.26. The average Bonchev–Trinajstić information content (AvgIpc) is 2.90. The summed E-state index contributed by atoms with van der Waals surface area (Å²) in [6, 6.07) is 19.5. The number of likely N-dealkylation sites (tertiary alicyclic amines) is 1. The maximum atomic E-state index is 12.5. The first kappa shape index (κ1) is 22.4. The highest BCUT2D eigenvalue weighted by atomic mass is 16.6. The summed E-state index contributed by atoms with van der Waals surface area (Å²) in [5, 5.41) is 3.09. The van der Waals surface area contributed by atoms with Crippen molar-refractivity contribution in [3.8, 4) is 22.6 Å². The van der Waals surface area contributed by atoms with Crippen molar-refractivity contribution < 1.29 is 14.3 Å². The minimum atomic E-state index is -0.00935. The number of nitrogens with zero attached hydrogens (tertiary/aromatic N) is 2. The number of benzene rings is 2. The number of ether oxygens (including phenoxy) is 2. The lowest BCUT2D eigenvalue weighted by Crippen LogP contribution is -2.44. The normalized spacial score (nSPS) is 18.4. The van der Waals surface area contributed by atoms with Crippen LogP contribution in [0, 0.1) is 5.92 Å². The molecule has 2 aliphatic rings. The van der Waals surface area contributed by atoms with Crippen LogP contribution in [0.2, 0.25) is 0 Å². The van der Waals surface area contributed by atoms with Crippen LogP contribution >= 0.6 is 0 Å². The minimum Gasteiger partial charge on any atom is -0.486 e. The molecule has 1 atom stereocenters. The Morgan fingerprint density at radius 1 is 0.971 bits per heavy atom. The van der Waals surface area contributed by atoms with Crippen LogP contribution in [0.15, 0.2) is 73.1 Å². The molecule has 1 aromatic heterocycles. The number of fused-ring (bicyclic) bond motifs is 1. The zero-order valence-electron chi connectivity index (χ0n) is 19.4. The van der Waals surface area contributed by atoms with Gasteiger partial charge in [-0.05, 0) is 79.7 Å². The molecular weight excluding hydrogens is 426 g/mol. The van der Waals surface area contributed by atoms with E-state index in [0.29, 0.717) is 24.6 Å². The maximum absolute atomic E-state index is 12.5. The van der Waals surface area contributed by atoms with Gasteiger partial charge in [0.25, 0.3) is 5.91 Å². The van der Waals surface area contributed by atoms with Crippen LogP contribution in [-0.4, -0.2) is 54.7 Å². The average molecular weight is 458 g/mol. The molecule has 1 fully saturated rings. The summed E-state index contributed by atoms with van der Waals surface area (Å²) < 4.78 is 12.0. The quantitative estimate of drug-likeness (QED) is 0.569. The molecule has 0 radical (unpaired) electrons. The van der Waals surface area contributed by atoms with Gasteiger partial charge in [0.1, 0.15) is 12.7 Å². The predicted molar refractivity (Wildman–Crippen MR) is 132 cm³/mol. The van der Waals surface area contributed by atoms with Gasteiger partial charge in [-0.2, -0.15) is 0 Å². The van der Waals surface area contributed by atoms with Gasteiger partial charge in [-0.15, -0.1) is 0 Å². The summed E-state index contributed by atoms with van der Waals surface area (Å²) in [5.74, 6) is 2.32. The number of nitrogens with one attached hydrogen (secondary N) is 1.